The summed E-state index contributed by atoms with van der Waals surface area (Å²) in [6.07, 6.45) is 12.1. The number of hydrogen-bond donors (Lipinski definition) is 0. The second kappa shape index (κ2) is 9.70. The molecule has 0 bridgehead atoms. The summed E-state index contributed by atoms with van der Waals surface area (Å²) in [5.74, 6) is 0.140. The van der Waals surface area contributed by atoms with Gasteiger partial charge < -0.3 is 18.8 Å². The van der Waals surface area contributed by atoms with Gasteiger partial charge in [-0.2, -0.15) is 0 Å². The Balaban J connectivity index is 1.22. The number of pyridine rings is 1. The standard InChI is InChI=1S/C29H33N5O/c35-29(33-17-12-24(13-18-33)32-14-6-2-7-15-32)25-19-28(34-16-8-5-11-27(25)34)26-21-31(22-30-26)20-23-9-3-1-4-10-23/h1,3-5,8-11,16,19,21-22,24H,2,6-7,12-15,17-18,20H2. The van der Waals surface area contributed by atoms with Crippen LogP contribution in [0.25, 0.3) is 16.9 Å². The molecular weight excluding hydrogens is 434 g/mol. The predicted octanol–water partition coefficient (Wildman–Crippen LogP) is 4.94. The van der Waals surface area contributed by atoms with Gasteiger partial charge in [0.15, 0.2) is 0 Å². The lowest BCUT2D eigenvalue weighted by Gasteiger charge is -2.40. The Bertz CT molecular complexity index is 1290. The molecule has 3 aromatic heterocycles. The molecule has 1 aromatic carbocycles. The van der Waals surface area contributed by atoms with Crippen molar-refractivity contribution < 1.29 is 4.79 Å². The molecule has 0 aliphatic carbocycles. The first-order chi connectivity index (χ1) is 17.3. The molecular formula is C29H33N5O. The largest absolute Gasteiger partial charge is 0.338 e. The van der Waals surface area contributed by atoms with Gasteiger partial charge in [0.1, 0.15) is 5.69 Å². The minimum absolute atomic E-state index is 0.140. The zero-order valence-corrected chi connectivity index (χ0v) is 20.2. The lowest BCUT2D eigenvalue weighted by atomic mass is 9.99. The fourth-order valence-corrected chi connectivity index (χ4v) is 5.78. The van der Waals surface area contributed by atoms with Crippen LogP contribution in [0.2, 0.25) is 0 Å². The fourth-order valence-electron chi connectivity index (χ4n) is 5.78. The van der Waals surface area contributed by atoms with Gasteiger partial charge in [-0.05, 0) is 62.5 Å². The summed E-state index contributed by atoms with van der Waals surface area (Å²) in [6.45, 7) is 4.90. The molecule has 2 aliphatic rings. The van der Waals surface area contributed by atoms with E-state index in [1.54, 1.807) is 0 Å². The van der Waals surface area contributed by atoms with Crippen molar-refractivity contribution in [1.82, 2.24) is 23.8 Å². The van der Waals surface area contributed by atoms with E-state index in [4.69, 9.17) is 4.98 Å². The van der Waals surface area contributed by atoms with Crippen LogP contribution in [0.3, 0.4) is 0 Å². The summed E-state index contributed by atoms with van der Waals surface area (Å²) in [5, 5.41) is 0. The van der Waals surface area contributed by atoms with Crippen LogP contribution in [-0.2, 0) is 6.54 Å². The van der Waals surface area contributed by atoms with E-state index in [2.05, 4.69) is 49.2 Å². The van der Waals surface area contributed by atoms with Gasteiger partial charge in [-0.25, -0.2) is 4.98 Å². The maximum Gasteiger partial charge on any atom is 0.256 e. The van der Waals surface area contributed by atoms with Crippen molar-refractivity contribution in [1.29, 1.82) is 0 Å². The van der Waals surface area contributed by atoms with Crippen LogP contribution >= 0.6 is 0 Å². The average molecular weight is 468 g/mol. The molecule has 6 rings (SSSR count). The minimum Gasteiger partial charge on any atom is -0.338 e. The maximum absolute atomic E-state index is 13.7. The normalized spacial score (nSPS) is 17.8. The number of imidazole rings is 1. The number of amides is 1. The number of likely N-dealkylation sites (tertiary alicyclic amines) is 2. The fraction of sp³-hybridized carbons (Fsp3) is 0.379. The summed E-state index contributed by atoms with van der Waals surface area (Å²) in [5.41, 5.74) is 4.79. The minimum atomic E-state index is 0.140. The molecule has 0 atom stereocenters. The third-order valence-electron chi connectivity index (χ3n) is 7.67. The monoisotopic (exact) mass is 467 g/mol. The van der Waals surface area contributed by atoms with E-state index >= 15 is 0 Å². The number of nitrogens with zero attached hydrogens (tertiary/aromatic N) is 5. The van der Waals surface area contributed by atoms with E-state index in [0.29, 0.717) is 6.04 Å². The van der Waals surface area contributed by atoms with Crippen molar-refractivity contribution in [2.45, 2.75) is 44.7 Å². The van der Waals surface area contributed by atoms with E-state index in [1.165, 1.54) is 37.9 Å². The van der Waals surface area contributed by atoms with Crippen LogP contribution in [0.15, 0.2) is 73.3 Å². The molecule has 6 heteroatoms. The first kappa shape index (κ1) is 22.1. The van der Waals surface area contributed by atoms with Crippen molar-refractivity contribution in [3.63, 3.8) is 0 Å². The summed E-state index contributed by atoms with van der Waals surface area (Å²) >= 11 is 0. The molecule has 1 amide bonds. The van der Waals surface area contributed by atoms with Gasteiger partial charge >= 0.3 is 0 Å². The molecule has 180 valence electrons. The SMILES string of the molecule is O=C(c1cc(-c2cn(Cc3ccccc3)cn2)n2ccccc12)N1CCC(N2CCCCC2)CC1. The predicted molar refractivity (Wildman–Crippen MR) is 139 cm³/mol. The quantitative estimate of drug-likeness (QED) is 0.418. The smallest absolute Gasteiger partial charge is 0.256 e. The number of aromatic nitrogens is 3. The number of benzene rings is 1. The van der Waals surface area contributed by atoms with E-state index in [1.807, 2.05) is 42.9 Å². The van der Waals surface area contributed by atoms with Crippen LogP contribution in [0.5, 0.6) is 0 Å². The van der Waals surface area contributed by atoms with Gasteiger partial charge in [-0.1, -0.05) is 42.8 Å². The highest BCUT2D eigenvalue weighted by molar-refractivity contribution is 6.02. The Morgan fingerprint density at radius 1 is 0.914 bits per heavy atom. The molecule has 0 saturated carbocycles. The van der Waals surface area contributed by atoms with Gasteiger partial charge in [-0.15, -0.1) is 0 Å². The van der Waals surface area contributed by atoms with Crippen molar-refractivity contribution in [3.05, 3.63) is 84.4 Å². The van der Waals surface area contributed by atoms with Crippen LogP contribution in [-0.4, -0.2) is 61.9 Å². The Morgan fingerprint density at radius 2 is 1.69 bits per heavy atom. The number of piperidine rings is 2. The Morgan fingerprint density at radius 3 is 2.49 bits per heavy atom. The Kier molecular flexibility index (Phi) is 6.13. The van der Waals surface area contributed by atoms with Crippen LogP contribution in [0.1, 0.15) is 48.0 Å². The summed E-state index contributed by atoms with van der Waals surface area (Å²) < 4.78 is 4.20. The number of carbonyl (C=O) groups excluding carboxylic acids is 1. The van der Waals surface area contributed by atoms with Crippen LogP contribution in [0, 0.1) is 0 Å². The van der Waals surface area contributed by atoms with E-state index in [0.717, 1.165) is 54.9 Å². The second-order valence-electron chi connectivity index (χ2n) is 9.94. The van der Waals surface area contributed by atoms with Crippen LogP contribution in [0.4, 0.5) is 0 Å². The van der Waals surface area contributed by atoms with Crippen molar-refractivity contribution in [3.8, 4) is 11.4 Å². The molecule has 35 heavy (non-hydrogen) atoms. The van der Waals surface area contributed by atoms with Gasteiger partial charge in [0, 0.05) is 38.1 Å². The highest BCUT2D eigenvalue weighted by Crippen LogP contribution is 2.28. The molecule has 2 aliphatic heterocycles. The average Bonchev–Trinajstić information content (AvgIpc) is 3.54. The Labute approximate surface area is 206 Å². The van der Waals surface area contributed by atoms with Gasteiger partial charge in [-0.3, -0.25) is 4.79 Å². The molecule has 0 spiro atoms. The number of fused-ring (bicyclic) bond motifs is 1. The highest BCUT2D eigenvalue weighted by atomic mass is 16.2. The number of carbonyl (C=O) groups is 1. The molecule has 5 heterocycles. The first-order valence-corrected chi connectivity index (χ1v) is 13.0. The summed E-state index contributed by atoms with van der Waals surface area (Å²) in [6, 6.07) is 19.1. The van der Waals surface area contributed by atoms with Crippen LogP contribution < -0.4 is 0 Å². The second-order valence-corrected chi connectivity index (χ2v) is 9.94. The molecule has 0 N–H and O–H groups in total. The van der Waals surface area contributed by atoms with Gasteiger partial charge in [0.05, 0.1) is 23.1 Å². The van der Waals surface area contributed by atoms with Gasteiger partial charge in [0.2, 0.25) is 0 Å². The third-order valence-corrected chi connectivity index (χ3v) is 7.67. The van der Waals surface area contributed by atoms with Crippen molar-refractivity contribution in [2.75, 3.05) is 26.2 Å². The van der Waals surface area contributed by atoms with Gasteiger partial charge in [0.25, 0.3) is 5.91 Å². The van der Waals surface area contributed by atoms with Crippen molar-refractivity contribution >= 4 is 11.4 Å². The molecule has 0 radical (unpaired) electrons. The molecule has 4 aromatic rings. The first-order valence-electron chi connectivity index (χ1n) is 13.0. The molecule has 2 fully saturated rings. The van der Waals surface area contributed by atoms with Crippen molar-refractivity contribution in [2.24, 2.45) is 0 Å². The van der Waals surface area contributed by atoms with E-state index in [9.17, 15) is 4.79 Å². The topological polar surface area (TPSA) is 45.8 Å². The van der Waals surface area contributed by atoms with E-state index < -0.39 is 0 Å². The number of rotatable bonds is 5. The van der Waals surface area contributed by atoms with E-state index in [-0.39, 0.29) is 5.91 Å². The number of hydrogen-bond acceptors (Lipinski definition) is 3. The molecule has 2 saturated heterocycles. The zero-order valence-electron chi connectivity index (χ0n) is 20.2. The lowest BCUT2D eigenvalue weighted by Crippen LogP contribution is -2.48. The summed E-state index contributed by atoms with van der Waals surface area (Å²) in [4.78, 5) is 23.1. The zero-order chi connectivity index (χ0) is 23.6. The summed E-state index contributed by atoms with van der Waals surface area (Å²) in [7, 11) is 0. The molecule has 0 unspecified atom stereocenters. The third kappa shape index (κ3) is 4.50. The maximum atomic E-state index is 13.7. The Hall–Kier alpha value is -3.38. The lowest BCUT2D eigenvalue weighted by molar-refractivity contribution is 0.0592. The highest BCUT2D eigenvalue weighted by Gasteiger charge is 2.29. The molecule has 6 nitrogen and oxygen atoms in total.